The molecule has 0 aliphatic carbocycles. The molecular formula is C14H10N4O3S. The quantitative estimate of drug-likeness (QED) is 0.685. The molecule has 0 saturated heterocycles. The van der Waals surface area contributed by atoms with E-state index in [-0.39, 0.29) is 5.56 Å². The van der Waals surface area contributed by atoms with Gasteiger partial charge in [0.05, 0.1) is 6.20 Å². The van der Waals surface area contributed by atoms with Gasteiger partial charge in [0.25, 0.3) is 5.56 Å². The fraction of sp³-hybridized carbons (Fsp3) is 0. The van der Waals surface area contributed by atoms with Gasteiger partial charge in [-0.15, -0.1) is 0 Å². The lowest BCUT2D eigenvalue weighted by molar-refractivity contribution is 0.210. The number of aromatic amines is 1. The predicted octanol–water partition coefficient (Wildman–Crippen LogP) is 2.56. The van der Waals surface area contributed by atoms with Gasteiger partial charge in [0.2, 0.25) is 0 Å². The summed E-state index contributed by atoms with van der Waals surface area (Å²) in [7, 11) is 0. The number of amides is 1. The zero-order chi connectivity index (χ0) is 15.5. The van der Waals surface area contributed by atoms with Gasteiger partial charge in [-0.3, -0.25) is 10.1 Å². The Balaban J connectivity index is 1.90. The summed E-state index contributed by atoms with van der Waals surface area (Å²) in [6, 6.07) is 8.76. The van der Waals surface area contributed by atoms with Crippen molar-refractivity contribution >= 4 is 34.7 Å². The van der Waals surface area contributed by atoms with Gasteiger partial charge in [0.15, 0.2) is 5.65 Å². The minimum atomic E-state index is -1.10. The summed E-state index contributed by atoms with van der Waals surface area (Å²) in [4.78, 5) is 34.4. The Hall–Kier alpha value is -2.87. The Bertz CT molecular complexity index is 892. The van der Waals surface area contributed by atoms with Gasteiger partial charge >= 0.3 is 6.09 Å². The Morgan fingerprint density at radius 3 is 2.68 bits per heavy atom. The van der Waals surface area contributed by atoms with Crippen LogP contribution in [0.4, 0.5) is 10.5 Å². The molecule has 0 spiro atoms. The molecule has 2 heterocycles. The molecule has 1 amide bonds. The van der Waals surface area contributed by atoms with E-state index in [1.165, 1.54) is 18.0 Å². The summed E-state index contributed by atoms with van der Waals surface area (Å²) in [6.45, 7) is 0. The molecule has 8 heteroatoms. The highest BCUT2D eigenvalue weighted by Crippen LogP contribution is 2.31. The van der Waals surface area contributed by atoms with Crippen LogP contribution < -0.4 is 10.9 Å². The molecule has 110 valence electrons. The van der Waals surface area contributed by atoms with E-state index in [4.69, 9.17) is 5.11 Å². The van der Waals surface area contributed by atoms with E-state index in [0.29, 0.717) is 16.9 Å². The van der Waals surface area contributed by atoms with Crippen molar-refractivity contribution in [1.82, 2.24) is 15.0 Å². The fourth-order valence-corrected chi connectivity index (χ4v) is 2.76. The molecule has 0 atom stereocenters. The third-order valence-corrected chi connectivity index (χ3v) is 3.83. The van der Waals surface area contributed by atoms with Crippen molar-refractivity contribution < 1.29 is 9.90 Å². The Kier molecular flexibility index (Phi) is 3.75. The number of hydrogen-bond donors (Lipinski definition) is 3. The minimum absolute atomic E-state index is 0.300. The molecule has 1 aromatic carbocycles. The lowest BCUT2D eigenvalue weighted by Gasteiger charge is -2.06. The standard InChI is InChI=1S/C14H10N4O3S/c19-11-7-16-12-10(5-6-15-13(12)18-11)22-9-3-1-8(2-4-9)17-14(20)21/h1-7,17H,(H,20,21)(H,15,18,19). The zero-order valence-corrected chi connectivity index (χ0v) is 11.9. The summed E-state index contributed by atoms with van der Waals surface area (Å²) in [5.41, 5.74) is 1.24. The number of hydrogen-bond acceptors (Lipinski definition) is 5. The second kappa shape index (κ2) is 5.86. The second-order valence-corrected chi connectivity index (χ2v) is 5.43. The van der Waals surface area contributed by atoms with Crippen molar-refractivity contribution in [1.29, 1.82) is 0 Å². The van der Waals surface area contributed by atoms with E-state index >= 15 is 0 Å². The Morgan fingerprint density at radius 1 is 1.18 bits per heavy atom. The molecule has 7 nitrogen and oxygen atoms in total. The third kappa shape index (κ3) is 3.07. The van der Waals surface area contributed by atoms with E-state index in [2.05, 4.69) is 20.3 Å². The number of carboxylic acid groups (broad SMARTS) is 1. The molecule has 0 saturated carbocycles. The van der Waals surface area contributed by atoms with Crippen LogP contribution in [0.2, 0.25) is 0 Å². The number of rotatable bonds is 3. The molecule has 0 aliphatic rings. The van der Waals surface area contributed by atoms with Crippen LogP contribution in [-0.2, 0) is 0 Å². The van der Waals surface area contributed by atoms with Gasteiger partial charge in [0, 0.05) is 21.7 Å². The lowest BCUT2D eigenvalue weighted by Crippen LogP contribution is -2.06. The van der Waals surface area contributed by atoms with Crippen LogP contribution in [0.15, 0.2) is 57.3 Å². The van der Waals surface area contributed by atoms with Crippen molar-refractivity contribution in [2.24, 2.45) is 0 Å². The van der Waals surface area contributed by atoms with Crippen LogP contribution in [0.25, 0.3) is 11.2 Å². The maximum atomic E-state index is 11.3. The van der Waals surface area contributed by atoms with Gasteiger partial charge in [-0.1, -0.05) is 11.8 Å². The molecule has 0 fully saturated rings. The van der Waals surface area contributed by atoms with Crippen LogP contribution in [0.5, 0.6) is 0 Å². The van der Waals surface area contributed by atoms with Gasteiger partial charge in [-0.25, -0.2) is 14.8 Å². The van der Waals surface area contributed by atoms with Crippen LogP contribution in [0.3, 0.4) is 0 Å². The molecule has 0 bridgehead atoms. The lowest BCUT2D eigenvalue weighted by atomic mass is 10.3. The maximum absolute atomic E-state index is 11.3. The van der Waals surface area contributed by atoms with Gasteiger partial charge in [-0.2, -0.15) is 0 Å². The molecule has 0 radical (unpaired) electrons. The van der Waals surface area contributed by atoms with E-state index < -0.39 is 6.09 Å². The van der Waals surface area contributed by atoms with E-state index in [0.717, 1.165) is 9.79 Å². The first kappa shape index (κ1) is 14.1. The summed E-state index contributed by atoms with van der Waals surface area (Å²) >= 11 is 1.45. The minimum Gasteiger partial charge on any atom is -0.465 e. The Morgan fingerprint density at radius 2 is 1.95 bits per heavy atom. The first-order chi connectivity index (χ1) is 10.6. The molecule has 0 unspecified atom stereocenters. The smallest absolute Gasteiger partial charge is 0.409 e. The number of benzene rings is 1. The number of pyridine rings is 1. The predicted molar refractivity (Wildman–Crippen MR) is 82.4 cm³/mol. The second-order valence-electron chi connectivity index (χ2n) is 4.31. The van der Waals surface area contributed by atoms with Crippen LogP contribution >= 0.6 is 11.8 Å². The normalized spacial score (nSPS) is 10.5. The summed E-state index contributed by atoms with van der Waals surface area (Å²) in [5, 5.41) is 10.9. The maximum Gasteiger partial charge on any atom is 0.409 e. The first-order valence-electron chi connectivity index (χ1n) is 6.24. The number of H-pyrrole nitrogens is 1. The van der Waals surface area contributed by atoms with E-state index in [1.807, 2.05) is 6.07 Å². The highest BCUT2D eigenvalue weighted by atomic mass is 32.2. The van der Waals surface area contributed by atoms with E-state index in [9.17, 15) is 9.59 Å². The number of carbonyl (C=O) groups is 1. The van der Waals surface area contributed by atoms with Gasteiger partial charge < -0.3 is 10.1 Å². The van der Waals surface area contributed by atoms with Crippen molar-refractivity contribution in [2.75, 3.05) is 5.32 Å². The third-order valence-electron chi connectivity index (χ3n) is 2.77. The van der Waals surface area contributed by atoms with Crippen LogP contribution in [0.1, 0.15) is 0 Å². The number of anilines is 1. The van der Waals surface area contributed by atoms with Crippen LogP contribution in [0, 0.1) is 0 Å². The Labute approximate surface area is 128 Å². The zero-order valence-electron chi connectivity index (χ0n) is 11.1. The summed E-state index contributed by atoms with van der Waals surface area (Å²) in [6.07, 6.45) is 1.71. The average Bonchev–Trinajstić information content (AvgIpc) is 2.48. The average molecular weight is 314 g/mol. The number of fused-ring (bicyclic) bond motifs is 1. The van der Waals surface area contributed by atoms with Crippen molar-refractivity contribution in [3.05, 3.63) is 53.1 Å². The number of aromatic nitrogens is 3. The van der Waals surface area contributed by atoms with Crippen molar-refractivity contribution in [3.63, 3.8) is 0 Å². The molecule has 0 aliphatic heterocycles. The topological polar surface area (TPSA) is 108 Å². The first-order valence-corrected chi connectivity index (χ1v) is 7.05. The highest BCUT2D eigenvalue weighted by molar-refractivity contribution is 7.99. The number of nitrogens with zero attached hydrogens (tertiary/aromatic N) is 2. The summed E-state index contributed by atoms with van der Waals surface area (Å²) < 4.78 is 0. The van der Waals surface area contributed by atoms with E-state index in [1.54, 1.807) is 30.5 Å². The van der Waals surface area contributed by atoms with Gasteiger partial charge in [0.1, 0.15) is 5.52 Å². The van der Waals surface area contributed by atoms with Crippen LogP contribution in [-0.4, -0.2) is 26.2 Å². The summed E-state index contributed by atoms with van der Waals surface area (Å²) in [5.74, 6) is 0. The molecule has 3 rings (SSSR count). The molecule has 2 aromatic heterocycles. The van der Waals surface area contributed by atoms with Gasteiger partial charge in [-0.05, 0) is 30.3 Å². The monoisotopic (exact) mass is 314 g/mol. The molecule has 3 N–H and O–H groups in total. The largest absolute Gasteiger partial charge is 0.465 e. The fourth-order valence-electron chi connectivity index (χ4n) is 1.86. The highest BCUT2D eigenvalue weighted by Gasteiger charge is 2.06. The molecular weight excluding hydrogens is 304 g/mol. The number of nitrogens with one attached hydrogen (secondary N) is 2. The SMILES string of the molecule is O=C(O)Nc1ccc(Sc2ccnc3[nH]c(=O)cnc23)cc1. The molecule has 22 heavy (non-hydrogen) atoms. The van der Waals surface area contributed by atoms with Crippen molar-refractivity contribution in [3.8, 4) is 0 Å². The van der Waals surface area contributed by atoms with Crippen molar-refractivity contribution in [2.45, 2.75) is 9.79 Å². The molecule has 3 aromatic rings.